The minimum Gasteiger partial charge on any atom is -0.354 e. The number of aromatic amines is 2. The van der Waals surface area contributed by atoms with Crippen molar-refractivity contribution in [1.82, 2.24) is 30.4 Å². The lowest BCUT2D eigenvalue weighted by atomic mass is 9.94. The van der Waals surface area contributed by atoms with E-state index in [4.69, 9.17) is 11.5 Å². The number of H-pyrrole nitrogens is 2. The molecule has 6 atom stereocenters. The summed E-state index contributed by atoms with van der Waals surface area (Å²) in [5.41, 5.74) is 20.3. The van der Waals surface area contributed by atoms with Crippen LogP contribution in [0.5, 0.6) is 0 Å². The molecule has 5 aromatic rings. The van der Waals surface area contributed by atoms with E-state index in [1.165, 1.54) is 0 Å². The molecule has 8 N–H and O–H groups in total. The van der Waals surface area contributed by atoms with Gasteiger partial charge in [-0.15, -0.1) is 0 Å². The molecule has 0 radical (unpaired) electrons. The average molecular weight is 815 g/mol. The summed E-state index contributed by atoms with van der Waals surface area (Å²) < 4.78 is 0. The number of aromatic nitrogens is 2. The van der Waals surface area contributed by atoms with Crippen LogP contribution in [0.15, 0.2) is 72.8 Å². The van der Waals surface area contributed by atoms with E-state index in [2.05, 4.69) is 81.3 Å². The molecule has 2 aliphatic heterocycles. The molecule has 2 aliphatic rings. The summed E-state index contributed by atoms with van der Waals surface area (Å²) >= 11 is 0. The number of fused-ring (bicyclic) bond motifs is 2. The van der Waals surface area contributed by atoms with E-state index in [0.29, 0.717) is 25.9 Å². The van der Waals surface area contributed by atoms with Crippen LogP contribution >= 0.6 is 0 Å². The summed E-state index contributed by atoms with van der Waals surface area (Å²) in [7, 11) is 0. The van der Waals surface area contributed by atoms with Crippen molar-refractivity contribution < 1.29 is 19.2 Å². The number of carbonyl (C=O) groups is 4. The smallest absolute Gasteiger partial charge is 0.245 e. The van der Waals surface area contributed by atoms with Crippen molar-refractivity contribution in [3.63, 3.8) is 0 Å². The predicted octanol–water partition coefficient (Wildman–Crippen LogP) is 6.03. The van der Waals surface area contributed by atoms with E-state index < -0.39 is 24.2 Å². The first-order valence-corrected chi connectivity index (χ1v) is 21.8. The Labute approximate surface area is 353 Å². The third-order valence-electron chi connectivity index (χ3n) is 12.6. The lowest BCUT2D eigenvalue weighted by Gasteiger charge is -2.31. The molecular formula is C48H62N8O4. The minimum absolute atomic E-state index is 0.0181. The molecule has 2 saturated heterocycles. The molecule has 2 fully saturated rings. The lowest BCUT2D eigenvalue weighted by Crippen LogP contribution is -2.55. The van der Waals surface area contributed by atoms with Crippen molar-refractivity contribution in [1.29, 1.82) is 0 Å². The van der Waals surface area contributed by atoms with Gasteiger partial charge in [0.2, 0.25) is 23.6 Å². The van der Waals surface area contributed by atoms with Gasteiger partial charge in [-0.2, -0.15) is 0 Å². The molecule has 0 aliphatic carbocycles. The molecule has 12 nitrogen and oxygen atoms in total. The number of carbonyl (C=O) groups excluding carboxylic acids is 4. The second-order valence-electron chi connectivity index (χ2n) is 17.7. The normalized spacial score (nSPS) is 19.0. The van der Waals surface area contributed by atoms with Gasteiger partial charge in [-0.05, 0) is 98.6 Å². The Morgan fingerprint density at radius 3 is 1.32 bits per heavy atom. The van der Waals surface area contributed by atoms with Crippen molar-refractivity contribution in [2.24, 2.45) is 23.3 Å². The first-order chi connectivity index (χ1) is 28.7. The summed E-state index contributed by atoms with van der Waals surface area (Å²) in [5, 5.41) is 8.09. The fourth-order valence-corrected chi connectivity index (χ4v) is 9.22. The minimum atomic E-state index is -0.699. The second kappa shape index (κ2) is 18.0. The zero-order valence-electron chi connectivity index (χ0n) is 35.9. The molecule has 0 spiro atoms. The monoisotopic (exact) mass is 814 g/mol. The number of para-hydroxylation sites is 2. The molecule has 2 aromatic heterocycles. The fraction of sp³-hybridized carbons (Fsp3) is 0.458. The van der Waals surface area contributed by atoms with Crippen LogP contribution in [0.1, 0.15) is 78.4 Å². The molecule has 60 heavy (non-hydrogen) atoms. The van der Waals surface area contributed by atoms with Crippen LogP contribution in [0.4, 0.5) is 0 Å². The van der Waals surface area contributed by atoms with Gasteiger partial charge in [0.25, 0.3) is 0 Å². The van der Waals surface area contributed by atoms with Gasteiger partial charge in [-0.3, -0.25) is 19.2 Å². The number of hydrogen-bond acceptors (Lipinski definition) is 6. The van der Waals surface area contributed by atoms with Crippen LogP contribution in [0, 0.1) is 11.8 Å². The number of likely N-dealkylation sites (tertiary alicyclic amines) is 2. The highest BCUT2D eigenvalue weighted by atomic mass is 16.2. The summed E-state index contributed by atoms with van der Waals surface area (Å²) in [6.45, 7) is 12.4. The molecule has 12 heteroatoms. The van der Waals surface area contributed by atoms with Crippen LogP contribution < -0.4 is 22.1 Å². The topological polar surface area (TPSA) is 182 Å². The van der Waals surface area contributed by atoms with Gasteiger partial charge >= 0.3 is 0 Å². The second-order valence-corrected chi connectivity index (χ2v) is 17.7. The van der Waals surface area contributed by atoms with E-state index in [1.807, 2.05) is 49.6 Å². The van der Waals surface area contributed by atoms with E-state index in [-0.39, 0.29) is 47.5 Å². The Kier molecular flexibility index (Phi) is 12.8. The zero-order valence-corrected chi connectivity index (χ0v) is 35.9. The summed E-state index contributed by atoms with van der Waals surface area (Å²) in [6, 6.07) is 22.6. The molecule has 7 rings (SSSR count). The highest BCUT2D eigenvalue weighted by Crippen LogP contribution is 2.38. The van der Waals surface area contributed by atoms with Gasteiger partial charge in [-0.1, -0.05) is 88.4 Å². The van der Waals surface area contributed by atoms with Gasteiger partial charge in [-0.25, -0.2) is 0 Å². The number of nitrogens with two attached hydrogens (primary N) is 2. The first kappa shape index (κ1) is 42.7. The maximum Gasteiger partial charge on any atom is 0.245 e. The van der Waals surface area contributed by atoms with Crippen LogP contribution in [-0.4, -0.2) is 92.7 Å². The van der Waals surface area contributed by atoms with Crippen LogP contribution in [-0.2, 0) is 32.0 Å². The average Bonchev–Trinajstić information content (AvgIpc) is 4.04. The van der Waals surface area contributed by atoms with Gasteiger partial charge < -0.3 is 41.9 Å². The largest absolute Gasteiger partial charge is 0.354 e. The maximum atomic E-state index is 14.1. The van der Waals surface area contributed by atoms with E-state index in [1.54, 1.807) is 13.8 Å². The Morgan fingerprint density at radius 2 is 0.967 bits per heavy atom. The number of amides is 4. The number of benzene rings is 3. The highest BCUT2D eigenvalue weighted by molar-refractivity contribution is 5.94. The van der Waals surface area contributed by atoms with Gasteiger partial charge in [0.1, 0.15) is 12.1 Å². The molecule has 0 saturated carbocycles. The summed E-state index contributed by atoms with van der Waals surface area (Å²) in [5.74, 6) is -0.931. The first-order valence-electron chi connectivity index (χ1n) is 21.8. The van der Waals surface area contributed by atoms with Crippen LogP contribution in [0.3, 0.4) is 0 Å². The molecule has 0 bridgehead atoms. The Morgan fingerprint density at radius 1 is 0.600 bits per heavy atom. The van der Waals surface area contributed by atoms with E-state index in [0.717, 1.165) is 81.1 Å². The SMILES string of the molecule is CC(C)[C@H](NC(=O)[C@H](C)N)C(=O)N1CCC[C@H]1Cc1c(-c2ccc(-c3[nH]c4ccccc4c3C[C@@H]3CCCN3C(=O)[C@@H](NC(=O)[C@H](C)N)C(C)C)cc2)[nH]c2ccccc12. The van der Waals surface area contributed by atoms with E-state index >= 15 is 0 Å². The standard InChI is InChI=1S/C48H62N8O4/c1-27(2)41(53-45(57)29(5)49)47(59)55-23-11-13-33(55)25-37-35-15-7-9-17-39(35)51-43(37)31-19-21-32(22-20-31)44-38(36-16-8-10-18-40(36)52-44)26-34-14-12-24-56(34)48(60)42(28(3)4)54-46(58)30(6)50/h7-10,15-22,27-30,33-34,41-42,51-52H,11-14,23-26,49-50H2,1-6H3,(H,53,57)(H,54,58)/t29-,30-,33-,34-,41-,42-/m0/s1. The Bertz CT molecular complexity index is 2180. The van der Waals surface area contributed by atoms with Crippen molar-refractivity contribution in [2.45, 2.75) is 116 Å². The van der Waals surface area contributed by atoms with Crippen molar-refractivity contribution in [3.8, 4) is 22.5 Å². The molecule has 3 aromatic carbocycles. The Balaban J connectivity index is 1.17. The third-order valence-corrected chi connectivity index (χ3v) is 12.6. The van der Waals surface area contributed by atoms with Crippen LogP contribution in [0.2, 0.25) is 0 Å². The highest BCUT2D eigenvalue weighted by Gasteiger charge is 2.38. The third kappa shape index (κ3) is 8.72. The summed E-state index contributed by atoms with van der Waals surface area (Å²) in [4.78, 5) is 64.7. The predicted molar refractivity (Wildman–Crippen MR) is 239 cm³/mol. The van der Waals surface area contributed by atoms with Gasteiger partial charge in [0, 0.05) is 58.4 Å². The molecule has 0 unspecified atom stereocenters. The quantitative estimate of drug-likeness (QED) is 0.0797. The molecular weight excluding hydrogens is 753 g/mol. The number of hydrogen-bond donors (Lipinski definition) is 6. The van der Waals surface area contributed by atoms with Crippen LogP contribution in [0.25, 0.3) is 44.3 Å². The number of nitrogens with zero attached hydrogens (tertiary/aromatic N) is 2. The molecule has 4 heterocycles. The van der Waals surface area contributed by atoms with Crippen molar-refractivity contribution in [2.75, 3.05) is 13.1 Å². The summed E-state index contributed by atoms with van der Waals surface area (Å²) in [6.07, 6.45) is 4.90. The van der Waals surface area contributed by atoms with E-state index in [9.17, 15) is 19.2 Å². The van der Waals surface area contributed by atoms with Gasteiger partial charge in [0.05, 0.1) is 12.1 Å². The lowest BCUT2D eigenvalue weighted by molar-refractivity contribution is -0.138. The number of nitrogens with one attached hydrogen (secondary N) is 4. The molecule has 4 amide bonds. The number of rotatable bonds is 14. The maximum absolute atomic E-state index is 14.1. The zero-order chi connectivity index (χ0) is 42.8. The fourth-order valence-electron chi connectivity index (χ4n) is 9.22. The van der Waals surface area contributed by atoms with Crippen molar-refractivity contribution in [3.05, 3.63) is 83.9 Å². The van der Waals surface area contributed by atoms with Gasteiger partial charge in [0.15, 0.2) is 0 Å². The van der Waals surface area contributed by atoms with Crippen molar-refractivity contribution >= 4 is 45.4 Å². The molecule has 318 valence electrons. The Hall–Kier alpha value is -5.46.